The molecule has 4 rings (SSSR count). The number of likely N-dealkylation sites (tertiary alicyclic amines) is 1. The van der Waals surface area contributed by atoms with E-state index in [2.05, 4.69) is 10.3 Å². The standard InChI is InChI=1S/C28H30F5N3O3/c1-39-19-2-3-23-20(14-19)25(17(15-29)16-35-23)21(31)4-5-28(27(37)38)6-9-36(10-7-28)11-8-34-24-13-18(30)12-22(32)26(24)33/h2-3,12-14,16,21,34H,4-11,15H2,1H3,(H,37,38)/t21-/m1/s1. The number of ether oxygens (including phenoxy) is 1. The van der Waals surface area contributed by atoms with Gasteiger partial charge >= 0.3 is 5.97 Å². The summed E-state index contributed by atoms with van der Waals surface area (Å²) in [7, 11) is 1.47. The molecule has 2 N–H and O–H groups in total. The fourth-order valence-electron chi connectivity index (χ4n) is 5.19. The van der Waals surface area contributed by atoms with Crippen LogP contribution in [0.3, 0.4) is 0 Å². The Labute approximate surface area is 222 Å². The summed E-state index contributed by atoms with van der Waals surface area (Å²) in [6.07, 6.45) is 0.177. The van der Waals surface area contributed by atoms with Crippen molar-refractivity contribution in [1.29, 1.82) is 0 Å². The Morgan fingerprint density at radius 3 is 2.62 bits per heavy atom. The fraction of sp³-hybridized carbons (Fsp3) is 0.429. The quantitative estimate of drug-likeness (QED) is 0.218. The number of carboxylic acid groups (broad SMARTS) is 1. The van der Waals surface area contributed by atoms with Crippen LogP contribution >= 0.6 is 0 Å². The van der Waals surface area contributed by atoms with Gasteiger partial charge in [-0.25, -0.2) is 22.0 Å². The van der Waals surface area contributed by atoms with Crippen LogP contribution in [0.25, 0.3) is 10.9 Å². The molecule has 1 fully saturated rings. The molecule has 2 heterocycles. The van der Waals surface area contributed by atoms with E-state index in [9.17, 15) is 27.5 Å². The number of fused-ring (bicyclic) bond motifs is 1. The minimum Gasteiger partial charge on any atom is -0.497 e. The number of alkyl halides is 2. The van der Waals surface area contributed by atoms with Crippen molar-refractivity contribution in [2.45, 2.75) is 38.5 Å². The molecule has 1 atom stereocenters. The van der Waals surface area contributed by atoms with Crippen LogP contribution in [0.2, 0.25) is 0 Å². The molecule has 3 aromatic rings. The summed E-state index contributed by atoms with van der Waals surface area (Å²) in [5.41, 5.74) is -0.674. The molecule has 0 saturated carbocycles. The number of nitrogens with one attached hydrogen (secondary N) is 1. The predicted molar refractivity (Wildman–Crippen MR) is 137 cm³/mol. The van der Waals surface area contributed by atoms with Crippen LogP contribution in [0.1, 0.15) is 43.0 Å². The summed E-state index contributed by atoms with van der Waals surface area (Å²) < 4.78 is 75.3. The predicted octanol–water partition coefficient (Wildman–Crippen LogP) is 6.20. The number of methoxy groups -OCH3 is 1. The molecule has 0 spiro atoms. The van der Waals surface area contributed by atoms with E-state index in [1.165, 1.54) is 13.3 Å². The van der Waals surface area contributed by atoms with Gasteiger partial charge < -0.3 is 20.1 Å². The molecule has 0 amide bonds. The number of pyridine rings is 1. The number of rotatable bonds is 11. The molecule has 1 saturated heterocycles. The second-order valence-electron chi connectivity index (χ2n) is 9.82. The summed E-state index contributed by atoms with van der Waals surface area (Å²) in [5, 5.41) is 13.2. The van der Waals surface area contributed by atoms with E-state index in [1.807, 2.05) is 4.90 Å². The third-order valence-corrected chi connectivity index (χ3v) is 7.54. The van der Waals surface area contributed by atoms with Gasteiger partial charge in [0.1, 0.15) is 24.4 Å². The van der Waals surface area contributed by atoms with E-state index >= 15 is 4.39 Å². The lowest BCUT2D eigenvalue weighted by atomic mass is 9.74. The average Bonchev–Trinajstić information content (AvgIpc) is 2.93. The Balaban J connectivity index is 1.39. The number of benzene rings is 2. The highest BCUT2D eigenvalue weighted by molar-refractivity contribution is 5.85. The lowest BCUT2D eigenvalue weighted by Gasteiger charge is -2.39. The summed E-state index contributed by atoms with van der Waals surface area (Å²) in [5.74, 6) is -3.90. The SMILES string of the molecule is COc1ccc2ncc(CF)c([C@H](F)CCC3(C(=O)O)CCN(CCNc4cc(F)cc(F)c4F)CC3)c2c1. The van der Waals surface area contributed by atoms with Crippen molar-refractivity contribution in [1.82, 2.24) is 9.88 Å². The van der Waals surface area contributed by atoms with Crippen molar-refractivity contribution in [3.05, 3.63) is 65.1 Å². The first kappa shape index (κ1) is 28.5. The molecular weight excluding hydrogens is 521 g/mol. The van der Waals surface area contributed by atoms with Crippen LogP contribution in [-0.2, 0) is 11.5 Å². The van der Waals surface area contributed by atoms with Gasteiger partial charge in [0.2, 0.25) is 0 Å². The first-order valence-electron chi connectivity index (χ1n) is 12.7. The maximum Gasteiger partial charge on any atom is 0.309 e. The maximum absolute atomic E-state index is 15.7. The first-order chi connectivity index (χ1) is 18.7. The van der Waals surface area contributed by atoms with Gasteiger partial charge in [0, 0.05) is 47.9 Å². The maximum atomic E-state index is 15.7. The minimum atomic E-state index is -1.60. The van der Waals surface area contributed by atoms with Crippen LogP contribution in [0, 0.1) is 22.9 Å². The number of hydrogen-bond donors (Lipinski definition) is 2. The minimum absolute atomic E-state index is 0.0584. The Bertz CT molecular complexity index is 1330. The zero-order chi connectivity index (χ0) is 28.2. The van der Waals surface area contributed by atoms with Gasteiger partial charge in [-0.1, -0.05) is 0 Å². The number of anilines is 1. The number of halogens is 5. The monoisotopic (exact) mass is 551 g/mol. The van der Waals surface area contributed by atoms with Crippen molar-refractivity contribution in [2.75, 3.05) is 38.6 Å². The highest BCUT2D eigenvalue weighted by atomic mass is 19.2. The number of piperidine rings is 1. The van der Waals surface area contributed by atoms with Crippen LogP contribution in [0.4, 0.5) is 27.6 Å². The molecule has 11 heteroatoms. The normalized spacial score (nSPS) is 16.3. The highest BCUT2D eigenvalue weighted by Crippen LogP contribution is 2.41. The molecule has 1 aliphatic heterocycles. The van der Waals surface area contributed by atoms with Gasteiger partial charge in [-0.3, -0.25) is 9.78 Å². The Kier molecular flexibility index (Phi) is 8.89. The molecule has 6 nitrogen and oxygen atoms in total. The van der Waals surface area contributed by atoms with Crippen LogP contribution < -0.4 is 10.1 Å². The number of carbonyl (C=O) groups is 1. The second kappa shape index (κ2) is 12.1. The van der Waals surface area contributed by atoms with E-state index in [1.54, 1.807) is 18.2 Å². The third-order valence-electron chi connectivity index (χ3n) is 7.54. The lowest BCUT2D eigenvalue weighted by molar-refractivity contribution is -0.153. The summed E-state index contributed by atoms with van der Waals surface area (Å²) in [4.78, 5) is 18.5. The van der Waals surface area contributed by atoms with Crippen molar-refractivity contribution >= 4 is 22.6 Å². The lowest BCUT2D eigenvalue weighted by Crippen LogP contribution is -2.45. The second-order valence-corrected chi connectivity index (χ2v) is 9.82. The number of hydrogen-bond acceptors (Lipinski definition) is 5. The van der Waals surface area contributed by atoms with E-state index < -0.39 is 41.7 Å². The number of aliphatic carboxylic acids is 1. The van der Waals surface area contributed by atoms with Crippen LogP contribution in [0.15, 0.2) is 36.5 Å². The van der Waals surface area contributed by atoms with Crippen molar-refractivity contribution in [2.24, 2.45) is 5.41 Å². The average molecular weight is 552 g/mol. The topological polar surface area (TPSA) is 74.7 Å². The van der Waals surface area contributed by atoms with Gasteiger partial charge in [0.05, 0.1) is 23.7 Å². The van der Waals surface area contributed by atoms with Crippen molar-refractivity contribution in [3.63, 3.8) is 0 Å². The van der Waals surface area contributed by atoms with Gasteiger partial charge in [-0.05, 0) is 57.0 Å². The molecule has 0 radical (unpaired) electrons. The van der Waals surface area contributed by atoms with Gasteiger partial charge in [0.15, 0.2) is 11.6 Å². The number of aromatic nitrogens is 1. The smallest absolute Gasteiger partial charge is 0.309 e. The first-order valence-corrected chi connectivity index (χ1v) is 12.7. The molecule has 1 aliphatic rings. The van der Waals surface area contributed by atoms with E-state index in [-0.39, 0.29) is 49.0 Å². The van der Waals surface area contributed by atoms with Gasteiger partial charge in [-0.2, -0.15) is 0 Å². The zero-order valence-corrected chi connectivity index (χ0v) is 21.5. The molecule has 0 aliphatic carbocycles. The Hall–Kier alpha value is -3.47. The molecule has 39 heavy (non-hydrogen) atoms. The third kappa shape index (κ3) is 6.24. The van der Waals surface area contributed by atoms with E-state index in [4.69, 9.17) is 4.74 Å². The molecule has 0 unspecified atom stereocenters. The Morgan fingerprint density at radius 2 is 1.95 bits per heavy atom. The number of carboxylic acids is 1. The molecule has 2 aromatic carbocycles. The largest absolute Gasteiger partial charge is 0.497 e. The summed E-state index contributed by atoms with van der Waals surface area (Å²) in [6, 6.07) is 6.28. The summed E-state index contributed by atoms with van der Waals surface area (Å²) >= 11 is 0. The Morgan fingerprint density at radius 1 is 1.21 bits per heavy atom. The molecule has 0 bridgehead atoms. The van der Waals surface area contributed by atoms with Crippen LogP contribution in [0.5, 0.6) is 5.75 Å². The molecule has 210 valence electrons. The molecule has 1 aromatic heterocycles. The van der Waals surface area contributed by atoms with Crippen LogP contribution in [-0.4, -0.2) is 54.2 Å². The van der Waals surface area contributed by atoms with E-state index in [0.717, 1.165) is 6.07 Å². The highest BCUT2D eigenvalue weighted by Gasteiger charge is 2.41. The fourth-order valence-corrected chi connectivity index (χ4v) is 5.19. The number of nitrogens with zero attached hydrogens (tertiary/aromatic N) is 2. The van der Waals surface area contributed by atoms with E-state index in [0.29, 0.717) is 42.4 Å². The molecular formula is C28H30F5N3O3. The van der Waals surface area contributed by atoms with Crippen molar-refractivity contribution in [3.8, 4) is 5.75 Å². The van der Waals surface area contributed by atoms with Gasteiger partial charge in [-0.15, -0.1) is 0 Å². The summed E-state index contributed by atoms with van der Waals surface area (Å²) in [6.45, 7) is 0.474. The van der Waals surface area contributed by atoms with Gasteiger partial charge in [0.25, 0.3) is 0 Å². The zero-order valence-electron chi connectivity index (χ0n) is 21.5. The van der Waals surface area contributed by atoms with Crippen molar-refractivity contribution < 1.29 is 36.6 Å².